The molecule has 1 aromatic carbocycles. The molecule has 3 rings (SSSR count). The van der Waals surface area contributed by atoms with E-state index in [2.05, 4.69) is 12.2 Å². The van der Waals surface area contributed by atoms with Gasteiger partial charge in [-0.05, 0) is 62.8 Å². The van der Waals surface area contributed by atoms with Crippen LogP contribution in [-0.2, 0) is 22.4 Å². The van der Waals surface area contributed by atoms with Crippen molar-refractivity contribution in [3.63, 3.8) is 0 Å². The Morgan fingerprint density at radius 2 is 2.14 bits per heavy atom. The Hall–Kier alpha value is -2.18. The van der Waals surface area contributed by atoms with Crippen LogP contribution in [0.15, 0.2) is 24.3 Å². The molecule has 1 amide bonds. The number of benzene rings is 1. The van der Waals surface area contributed by atoms with E-state index in [0.717, 1.165) is 29.7 Å². The second-order valence-corrected chi connectivity index (χ2v) is 8.98. The molecule has 1 heterocycles. The van der Waals surface area contributed by atoms with Crippen molar-refractivity contribution in [1.82, 2.24) is 0 Å². The highest BCUT2D eigenvalue weighted by molar-refractivity contribution is 7.17. The third kappa shape index (κ3) is 5.06. The van der Waals surface area contributed by atoms with Crippen molar-refractivity contribution in [3.05, 3.63) is 56.7 Å². The van der Waals surface area contributed by atoms with E-state index in [0.29, 0.717) is 16.5 Å². The predicted octanol–water partition coefficient (Wildman–Crippen LogP) is 5.88. The van der Waals surface area contributed by atoms with Gasteiger partial charge in [0.25, 0.3) is 0 Å². The number of esters is 1. The average Bonchev–Trinajstić information content (AvgIpc) is 2.97. The molecule has 1 aliphatic carbocycles. The number of thiophene rings is 1. The molecular formula is C22H23ClFNO3S. The van der Waals surface area contributed by atoms with Crippen molar-refractivity contribution in [2.75, 3.05) is 5.32 Å². The first-order valence-corrected chi connectivity index (χ1v) is 10.7. The second-order valence-electron chi connectivity index (χ2n) is 7.47. The number of nitrogens with one attached hydrogen (secondary N) is 1. The van der Waals surface area contributed by atoms with Crippen LogP contribution in [-0.4, -0.2) is 18.0 Å². The Kier molecular flexibility index (Phi) is 6.75. The summed E-state index contributed by atoms with van der Waals surface area (Å²) in [6.45, 7) is 5.75. The summed E-state index contributed by atoms with van der Waals surface area (Å²) in [5.41, 5.74) is 1.55. The lowest BCUT2D eigenvalue weighted by atomic mass is 9.88. The summed E-state index contributed by atoms with van der Waals surface area (Å²) in [4.78, 5) is 26.3. The van der Waals surface area contributed by atoms with Crippen molar-refractivity contribution in [2.45, 2.75) is 46.1 Å². The molecule has 29 heavy (non-hydrogen) atoms. The van der Waals surface area contributed by atoms with Crippen LogP contribution in [0.5, 0.6) is 0 Å². The molecular weight excluding hydrogens is 413 g/mol. The normalized spacial score (nSPS) is 16.1. The lowest BCUT2D eigenvalue weighted by Gasteiger charge is -2.18. The van der Waals surface area contributed by atoms with Gasteiger partial charge >= 0.3 is 5.97 Å². The molecule has 154 valence electrons. The fourth-order valence-electron chi connectivity index (χ4n) is 3.31. The summed E-state index contributed by atoms with van der Waals surface area (Å²) in [5, 5.41) is 3.47. The van der Waals surface area contributed by atoms with Crippen LogP contribution >= 0.6 is 22.9 Å². The third-order valence-corrected chi connectivity index (χ3v) is 6.20. The number of hydrogen-bond donors (Lipinski definition) is 1. The molecule has 4 nitrogen and oxygen atoms in total. The van der Waals surface area contributed by atoms with Gasteiger partial charge < -0.3 is 10.1 Å². The summed E-state index contributed by atoms with van der Waals surface area (Å²) in [5.74, 6) is -0.872. The van der Waals surface area contributed by atoms with E-state index in [9.17, 15) is 14.0 Å². The van der Waals surface area contributed by atoms with E-state index in [-0.39, 0.29) is 16.7 Å². The highest BCUT2D eigenvalue weighted by Gasteiger charge is 2.29. The number of amides is 1. The first kappa shape index (κ1) is 21.5. The number of carbonyl (C=O) groups excluding carboxylic acids is 2. The number of rotatable bonds is 5. The van der Waals surface area contributed by atoms with Gasteiger partial charge in [0.1, 0.15) is 10.8 Å². The summed E-state index contributed by atoms with van der Waals surface area (Å²) in [6, 6.07) is 4.33. The highest BCUT2D eigenvalue weighted by Crippen LogP contribution is 2.40. The van der Waals surface area contributed by atoms with Crippen LogP contribution in [0.2, 0.25) is 5.02 Å². The van der Waals surface area contributed by atoms with Crippen molar-refractivity contribution < 1.29 is 18.7 Å². The quantitative estimate of drug-likeness (QED) is 0.471. The van der Waals surface area contributed by atoms with Gasteiger partial charge in [0.05, 0.1) is 16.7 Å². The predicted molar refractivity (Wildman–Crippen MR) is 115 cm³/mol. The fourth-order valence-corrected chi connectivity index (χ4v) is 4.94. The zero-order valence-electron chi connectivity index (χ0n) is 16.6. The molecule has 0 spiro atoms. The number of fused-ring (bicyclic) bond motifs is 1. The van der Waals surface area contributed by atoms with Gasteiger partial charge in [-0.3, -0.25) is 4.79 Å². The van der Waals surface area contributed by atoms with Crippen molar-refractivity contribution in [3.8, 4) is 0 Å². The highest BCUT2D eigenvalue weighted by atomic mass is 35.5. The minimum absolute atomic E-state index is 0.142. The van der Waals surface area contributed by atoms with E-state index >= 15 is 0 Å². The SMILES string of the molecule is CC1CCc2c(sc(NC(=O)C=Cc3c(F)cccc3Cl)c2C(=O)OC(C)C)C1. The smallest absolute Gasteiger partial charge is 0.341 e. The zero-order chi connectivity index (χ0) is 21.1. The number of carbonyl (C=O) groups is 2. The molecule has 0 radical (unpaired) electrons. The number of ether oxygens (including phenoxy) is 1. The first-order valence-electron chi connectivity index (χ1n) is 9.54. The van der Waals surface area contributed by atoms with E-state index in [4.69, 9.17) is 16.3 Å². The average molecular weight is 436 g/mol. The summed E-state index contributed by atoms with van der Waals surface area (Å²) >= 11 is 7.40. The van der Waals surface area contributed by atoms with Gasteiger partial charge in [-0.15, -0.1) is 11.3 Å². The van der Waals surface area contributed by atoms with E-state index in [1.54, 1.807) is 19.9 Å². The van der Waals surface area contributed by atoms with Crippen molar-refractivity contribution in [1.29, 1.82) is 0 Å². The molecule has 2 aromatic rings. The Balaban J connectivity index is 1.87. The number of anilines is 1. The zero-order valence-corrected chi connectivity index (χ0v) is 18.1. The van der Waals surface area contributed by atoms with E-state index in [1.807, 2.05) is 0 Å². The summed E-state index contributed by atoms with van der Waals surface area (Å²) < 4.78 is 19.3. The fraction of sp³-hybridized carbons (Fsp3) is 0.364. The molecule has 1 atom stereocenters. The Labute approximate surface area is 178 Å². The van der Waals surface area contributed by atoms with Crippen LogP contribution in [0.25, 0.3) is 6.08 Å². The molecule has 0 fully saturated rings. The first-order chi connectivity index (χ1) is 13.8. The molecule has 1 unspecified atom stereocenters. The van der Waals surface area contributed by atoms with Crippen molar-refractivity contribution >= 4 is 45.9 Å². The molecule has 1 aliphatic rings. The molecule has 1 N–H and O–H groups in total. The maximum atomic E-state index is 13.9. The lowest BCUT2D eigenvalue weighted by Crippen LogP contribution is -2.18. The summed E-state index contributed by atoms with van der Waals surface area (Å²) in [6.07, 6.45) is 4.93. The molecule has 7 heteroatoms. The van der Waals surface area contributed by atoms with Crippen LogP contribution in [0.3, 0.4) is 0 Å². The Morgan fingerprint density at radius 3 is 2.83 bits per heavy atom. The van der Waals surface area contributed by atoms with Gasteiger partial charge in [0.15, 0.2) is 0 Å². The van der Waals surface area contributed by atoms with E-state index < -0.39 is 17.7 Å². The molecule has 0 bridgehead atoms. The minimum Gasteiger partial charge on any atom is -0.459 e. The van der Waals surface area contributed by atoms with Gasteiger partial charge in [0, 0.05) is 16.5 Å². The number of hydrogen-bond acceptors (Lipinski definition) is 4. The standard InChI is InChI=1S/C22H23ClFNO3S/c1-12(2)28-22(27)20-15-8-7-13(3)11-18(15)29-21(20)25-19(26)10-9-14-16(23)5-4-6-17(14)24/h4-6,9-10,12-13H,7-8,11H2,1-3H3,(H,25,26). The van der Waals surface area contributed by atoms with Gasteiger partial charge in [-0.1, -0.05) is 24.6 Å². The second kappa shape index (κ2) is 9.09. The summed E-state index contributed by atoms with van der Waals surface area (Å²) in [7, 11) is 0. The van der Waals surface area contributed by atoms with Crippen LogP contribution in [0, 0.1) is 11.7 Å². The lowest BCUT2D eigenvalue weighted by molar-refractivity contribution is -0.111. The number of halogens is 2. The van der Waals surface area contributed by atoms with Crippen LogP contribution < -0.4 is 5.32 Å². The van der Waals surface area contributed by atoms with E-state index in [1.165, 1.54) is 35.6 Å². The molecule has 1 aromatic heterocycles. The molecule has 0 aliphatic heterocycles. The van der Waals surface area contributed by atoms with Gasteiger partial charge in [-0.2, -0.15) is 0 Å². The Bertz CT molecular complexity index is 947. The Morgan fingerprint density at radius 1 is 1.38 bits per heavy atom. The van der Waals surface area contributed by atoms with Crippen LogP contribution in [0.1, 0.15) is 53.6 Å². The molecule has 0 saturated carbocycles. The topological polar surface area (TPSA) is 55.4 Å². The van der Waals surface area contributed by atoms with Crippen LogP contribution in [0.4, 0.5) is 9.39 Å². The molecule has 0 saturated heterocycles. The maximum Gasteiger partial charge on any atom is 0.341 e. The van der Waals surface area contributed by atoms with Gasteiger partial charge in [-0.25, -0.2) is 9.18 Å². The van der Waals surface area contributed by atoms with Gasteiger partial charge in [0.2, 0.25) is 5.91 Å². The minimum atomic E-state index is -0.511. The maximum absolute atomic E-state index is 13.9. The van der Waals surface area contributed by atoms with Crippen molar-refractivity contribution in [2.24, 2.45) is 5.92 Å². The monoisotopic (exact) mass is 435 g/mol. The largest absolute Gasteiger partial charge is 0.459 e. The third-order valence-electron chi connectivity index (χ3n) is 4.70.